The largest absolute Gasteiger partial charge is 0.330 e. The maximum absolute atomic E-state index is 11.7. The van der Waals surface area contributed by atoms with E-state index >= 15 is 0 Å². The van der Waals surface area contributed by atoms with E-state index in [4.69, 9.17) is 5.73 Å². The van der Waals surface area contributed by atoms with Crippen LogP contribution in [-0.2, 0) is 0 Å². The van der Waals surface area contributed by atoms with Crippen molar-refractivity contribution in [3.05, 3.63) is 21.9 Å². The third-order valence-electron chi connectivity index (χ3n) is 2.44. The van der Waals surface area contributed by atoms with E-state index in [1.165, 1.54) is 4.88 Å². The number of ketones is 1. The highest BCUT2D eigenvalue weighted by atomic mass is 32.1. The van der Waals surface area contributed by atoms with E-state index in [1.807, 2.05) is 18.4 Å². The van der Waals surface area contributed by atoms with Gasteiger partial charge in [0.25, 0.3) is 0 Å². The van der Waals surface area contributed by atoms with Crippen LogP contribution in [0.3, 0.4) is 0 Å². The molecule has 0 aliphatic carbocycles. The minimum Gasteiger partial charge on any atom is -0.330 e. The van der Waals surface area contributed by atoms with Crippen molar-refractivity contribution in [2.24, 2.45) is 11.7 Å². The van der Waals surface area contributed by atoms with Crippen molar-refractivity contribution in [2.45, 2.75) is 26.7 Å². The van der Waals surface area contributed by atoms with Gasteiger partial charge in [0.05, 0.1) is 0 Å². The Labute approximate surface area is 89.1 Å². The summed E-state index contributed by atoms with van der Waals surface area (Å²) in [5.41, 5.74) is 6.41. The highest BCUT2D eigenvalue weighted by Crippen LogP contribution is 2.17. The molecular weight excluding hydrogens is 194 g/mol. The fourth-order valence-electron chi connectivity index (χ4n) is 1.36. The molecule has 1 heterocycles. The van der Waals surface area contributed by atoms with E-state index in [9.17, 15) is 4.79 Å². The van der Waals surface area contributed by atoms with Gasteiger partial charge in [-0.1, -0.05) is 13.3 Å². The topological polar surface area (TPSA) is 43.1 Å². The number of aryl methyl sites for hydroxylation is 1. The van der Waals surface area contributed by atoms with Crippen molar-refractivity contribution in [1.29, 1.82) is 0 Å². The zero-order valence-electron chi connectivity index (χ0n) is 8.75. The second kappa shape index (κ2) is 5.27. The summed E-state index contributed by atoms with van der Waals surface area (Å²) in [6, 6.07) is 1.95. The van der Waals surface area contributed by atoms with Crippen LogP contribution < -0.4 is 5.73 Å². The summed E-state index contributed by atoms with van der Waals surface area (Å²) in [5.74, 6) is 0.564. The predicted octanol–water partition coefficient (Wildman–Crippen LogP) is 2.61. The molecule has 1 atom stereocenters. The standard InChI is InChI=1S/C11H17NOS/c1-3-9(6-12)5-11(13)10-4-8(2)14-7-10/h4,7,9H,3,5-6,12H2,1-2H3. The van der Waals surface area contributed by atoms with Gasteiger partial charge in [-0.2, -0.15) is 0 Å². The summed E-state index contributed by atoms with van der Waals surface area (Å²) >= 11 is 1.62. The maximum Gasteiger partial charge on any atom is 0.164 e. The average Bonchev–Trinajstić information content (AvgIpc) is 2.61. The number of hydrogen-bond donors (Lipinski definition) is 1. The summed E-state index contributed by atoms with van der Waals surface area (Å²) in [5, 5.41) is 1.93. The molecule has 0 fully saturated rings. The van der Waals surface area contributed by atoms with Crippen LogP contribution in [0.5, 0.6) is 0 Å². The minimum absolute atomic E-state index is 0.228. The average molecular weight is 211 g/mol. The Morgan fingerprint density at radius 1 is 1.64 bits per heavy atom. The quantitative estimate of drug-likeness (QED) is 0.761. The van der Waals surface area contributed by atoms with Gasteiger partial charge in [-0.25, -0.2) is 0 Å². The Hall–Kier alpha value is -0.670. The van der Waals surface area contributed by atoms with Crippen LogP contribution in [0.2, 0.25) is 0 Å². The number of carbonyl (C=O) groups is 1. The lowest BCUT2D eigenvalue weighted by molar-refractivity contribution is 0.0962. The molecule has 2 N–H and O–H groups in total. The van der Waals surface area contributed by atoms with Crippen LogP contribution in [0.25, 0.3) is 0 Å². The van der Waals surface area contributed by atoms with E-state index in [0.717, 1.165) is 12.0 Å². The van der Waals surface area contributed by atoms with Crippen LogP contribution >= 0.6 is 11.3 Å². The molecule has 0 bridgehead atoms. The van der Waals surface area contributed by atoms with Crippen LogP contribution in [0, 0.1) is 12.8 Å². The number of rotatable bonds is 5. The first-order valence-electron chi connectivity index (χ1n) is 4.95. The highest BCUT2D eigenvalue weighted by molar-refractivity contribution is 7.10. The van der Waals surface area contributed by atoms with Gasteiger partial charge in [-0.05, 0) is 25.5 Å². The molecule has 2 nitrogen and oxygen atoms in total. The first-order chi connectivity index (χ1) is 6.67. The second-order valence-corrected chi connectivity index (χ2v) is 4.70. The molecule has 0 spiro atoms. The van der Waals surface area contributed by atoms with Gasteiger partial charge in [0.1, 0.15) is 0 Å². The van der Waals surface area contributed by atoms with Gasteiger partial charge >= 0.3 is 0 Å². The summed E-state index contributed by atoms with van der Waals surface area (Å²) < 4.78 is 0. The van der Waals surface area contributed by atoms with Crippen LogP contribution in [0.4, 0.5) is 0 Å². The zero-order valence-corrected chi connectivity index (χ0v) is 9.56. The molecule has 1 rings (SSSR count). The van der Waals surface area contributed by atoms with Gasteiger partial charge in [0.2, 0.25) is 0 Å². The Kier molecular flexibility index (Phi) is 4.29. The Balaban J connectivity index is 2.58. The van der Waals surface area contributed by atoms with Crippen LogP contribution in [0.1, 0.15) is 35.0 Å². The van der Waals surface area contributed by atoms with Crippen molar-refractivity contribution in [3.8, 4) is 0 Å². The number of hydrogen-bond acceptors (Lipinski definition) is 3. The molecule has 0 aromatic carbocycles. The molecule has 3 heteroatoms. The summed E-state index contributed by atoms with van der Waals surface area (Å²) in [4.78, 5) is 12.9. The first-order valence-corrected chi connectivity index (χ1v) is 5.83. The third-order valence-corrected chi connectivity index (χ3v) is 3.30. The Bertz CT molecular complexity index is 302. The smallest absolute Gasteiger partial charge is 0.164 e. The van der Waals surface area contributed by atoms with Crippen LogP contribution in [0.15, 0.2) is 11.4 Å². The molecule has 0 aliphatic heterocycles. The zero-order chi connectivity index (χ0) is 10.6. The molecule has 0 saturated heterocycles. The predicted molar refractivity (Wildman–Crippen MR) is 60.8 cm³/mol. The molecule has 0 saturated carbocycles. The molecule has 78 valence electrons. The molecule has 0 amide bonds. The Morgan fingerprint density at radius 3 is 2.79 bits per heavy atom. The lowest BCUT2D eigenvalue weighted by Gasteiger charge is -2.09. The lowest BCUT2D eigenvalue weighted by atomic mass is 9.97. The van der Waals surface area contributed by atoms with E-state index in [2.05, 4.69) is 6.92 Å². The highest BCUT2D eigenvalue weighted by Gasteiger charge is 2.13. The Morgan fingerprint density at radius 2 is 2.36 bits per heavy atom. The molecule has 1 unspecified atom stereocenters. The monoisotopic (exact) mass is 211 g/mol. The summed E-state index contributed by atoms with van der Waals surface area (Å²) in [7, 11) is 0. The minimum atomic E-state index is 0.228. The van der Waals surface area contributed by atoms with Gasteiger partial charge in [0.15, 0.2) is 5.78 Å². The molecule has 1 aromatic heterocycles. The second-order valence-electron chi connectivity index (χ2n) is 3.58. The van der Waals surface area contributed by atoms with E-state index in [0.29, 0.717) is 18.9 Å². The van der Waals surface area contributed by atoms with Crippen molar-refractivity contribution in [3.63, 3.8) is 0 Å². The number of nitrogens with two attached hydrogens (primary N) is 1. The maximum atomic E-state index is 11.7. The van der Waals surface area contributed by atoms with E-state index in [-0.39, 0.29) is 5.78 Å². The van der Waals surface area contributed by atoms with Gasteiger partial charge in [-0.3, -0.25) is 4.79 Å². The molecule has 0 radical (unpaired) electrons. The van der Waals surface area contributed by atoms with Crippen molar-refractivity contribution < 1.29 is 4.79 Å². The van der Waals surface area contributed by atoms with Crippen molar-refractivity contribution in [1.82, 2.24) is 0 Å². The molecule has 0 aliphatic rings. The summed E-state index contributed by atoms with van der Waals surface area (Å²) in [6.07, 6.45) is 1.56. The van der Waals surface area contributed by atoms with Crippen molar-refractivity contribution in [2.75, 3.05) is 6.54 Å². The number of Topliss-reactive ketones (excluding diaryl/α,β-unsaturated/α-hetero) is 1. The molecular formula is C11H17NOS. The van der Waals surface area contributed by atoms with Gasteiger partial charge < -0.3 is 5.73 Å². The number of carbonyl (C=O) groups excluding carboxylic acids is 1. The van der Waals surface area contributed by atoms with Gasteiger partial charge in [-0.15, -0.1) is 11.3 Å². The molecule has 1 aromatic rings. The SMILES string of the molecule is CCC(CN)CC(=O)c1csc(C)c1. The lowest BCUT2D eigenvalue weighted by Crippen LogP contribution is -2.17. The van der Waals surface area contributed by atoms with E-state index < -0.39 is 0 Å². The fourth-order valence-corrected chi connectivity index (χ4v) is 2.07. The molecule has 14 heavy (non-hydrogen) atoms. The fraction of sp³-hybridized carbons (Fsp3) is 0.545. The van der Waals surface area contributed by atoms with E-state index in [1.54, 1.807) is 11.3 Å². The third kappa shape index (κ3) is 2.93. The first kappa shape index (κ1) is 11.4. The van der Waals surface area contributed by atoms with Gasteiger partial charge in [0, 0.05) is 22.2 Å². The number of thiophene rings is 1. The van der Waals surface area contributed by atoms with Crippen molar-refractivity contribution >= 4 is 17.1 Å². The van der Waals surface area contributed by atoms with Crippen LogP contribution in [-0.4, -0.2) is 12.3 Å². The summed E-state index contributed by atoms with van der Waals surface area (Å²) in [6.45, 7) is 4.69. The normalized spacial score (nSPS) is 12.8.